The van der Waals surface area contributed by atoms with Gasteiger partial charge in [0.2, 0.25) is 5.91 Å². The van der Waals surface area contributed by atoms with E-state index in [4.69, 9.17) is 0 Å². The number of hydrogen-bond acceptors (Lipinski definition) is 3. The summed E-state index contributed by atoms with van der Waals surface area (Å²) in [5.41, 5.74) is 1.23. The van der Waals surface area contributed by atoms with Gasteiger partial charge in [0.15, 0.2) is 0 Å². The van der Waals surface area contributed by atoms with Crippen molar-refractivity contribution in [3.05, 3.63) is 23.3 Å². The van der Waals surface area contributed by atoms with Crippen LogP contribution in [-0.2, 0) is 9.59 Å². The summed E-state index contributed by atoms with van der Waals surface area (Å²) < 4.78 is 0. The van der Waals surface area contributed by atoms with E-state index in [0.717, 1.165) is 10.5 Å². The highest BCUT2D eigenvalue weighted by Crippen LogP contribution is 2.19. The number of nitrogens with zero attached hydrogens (tertiary/aromatic N) is 2. The van der Waals surface area contributed by atoms with E-state index in [1.54, 1.807) is 13.1 Å². The second kappa shape index (κ2) is 7.54. The third-order valence-corrected chi connectivity index (χ3v) is 2.22. The van der Waals surface area contributed by atoms with Crippen LogP contribution in [0, 0.1) is 0 Å². The molecule has 0 spiro atoms. The van der Waals surface area contributed by atoms with E-state index in [1.807, 2.05) is 26.8 Å². The molecule has 0 aliphatic carbocycles. The van der Waals surface area contributed by atoms with Crippen molar-refractivity contribution in [2.45, 2.75) is 27.2 Å². The first-order chi connectivity index (χ1) is 8.11. The SMILES string of the molecule is C/C=C\C1=C(C=NC)C(=O)N(C)C(=O)C1.CC. The van der Waals surface area contributed by atoms with Gasteiger partial charge >= 0.3 is 0 Å². The highest BCUT2D eigenvalue weighted by atomic mass is 16.2. The fraction of sp³-hybridized carbons (Fsp3) is 0.462. The van der Waals surface area contributed by atoms with Crippen LogP contribution in [0.1, 0.15) is 27.2 Å². The third-order valence-electron chi connectivity index (χ3n) is 2.22. The van der Waals surface area contributed by atoms with Crippen LogP contribution >= 0.6 is 0 Å². The van der Waals surface area contributed by atoms with Gasteiger partial charge in [0.1, 0.15) is 0 Å². The Labute approximate surface area is 103 Å². The Morgan fingerprint density at radius 3 is 2.35 bits per heavy atom. The van der Waals surface area contributed by atoms with Crippen LogP contribution in [0.5, 0.6) is 0 Å². The predicted molar refractivity (Wildman–Crippen MR) is 70.0 cm³/mol. The standard InChI is InChI=1S/C11H14N2O2.C2H6/c1-4-5-8-6-10(14)13(3)11(15)9(8)7-12-2;1-2/h4-5,7H,6H2,1-3H3;1-2H3/b5-4-,12-7?;. The van der Waals surface area contributed by atoms with Gasteiger partial charge in [-0.1, -0.05) is 26.0 Å². The average molecular weight is 236 g/mol. The molecule has 0 aromatic carbocycles. The van der Waals surface area contributed by atoms with Crippen LogP contribution in [0.4, 0.5) is 0 Å². The number of imide groups is 1. The minimum absolute atomic E-state index is 0.179. The van der Waals surface area contributed by atoms with Crippen molar-refractivity contribution in [1.29, 1.82) is 0 Å². The summed E-state index contributed by atoms with van der Waals surface area (Å²) in [4.78, 5) is 28.1. The first kappa shape index (κ1) is 15.3. The number of likely N-dealkylation sites (N-methyl/N-ethyl adjacent to an activating group) is 1. The molecule has 1 aliphatic heterocycles. The number of hydrogen-bond donors (Lipinski definition) is 0. The number of amides is 2. The van der Waals surface area contributed by atoms with E-state index < -0.39 is 0 Å². The van der Waals surface area contributed by atoms with Gasteiger partial charge in [0.25, 0.3) is 5.91 Å². The average Bonchev–Trinajstić information content (AvgIpc) is 2.34. The second-order valence-electron chi connectivity index (χ2n) is 3.26. The Bertz CT molecular complexity index is 379. The zero-order valence-corrected chi connectivity index (χ0v) is 11.2. The van der Waals surface area contributed by atoms with Crippen LogP contribution < -0.4 is 0 Å². The van der Waals surface area contributed by atoms with Crippen LogP contribution in [0.15, 0.2) is 28.3 Å². The molecule has 17 heavy (non-hydrogen) atoms. The van der Waals surface area contributed by atoms with E-state index in [9.17, 15) is 9.59 Å². The van der Waals surface area contributed by atoms with Crippen LogP contribution in [0.2, 0.25) is 0 Å². The maximum absolute atomic E-state index is 11.7. The lowest BCUT2D eigenvalue weighted by Gasteiger charge is -2.22. The quantitative estimate of drug-likeness (QED) is 0.543. The molecule has 1 rings (SSSR count). The minimum atomic E-state index is -0.287. The molecule has 0 aromatic rings. The van der Waals surface area contributed by atoms with Gasteiger partial charge in [0, 0.05) is 20.3 Å². The first-order valence-corrected chi connectivity index (χ1v) is 5.70. The Morgan fingerprint density at radius 1 is 1.29 bits per heavy atom. The fourth-order valence-corrected chi connectivity index (χ4v) is 1.43. The third kappa shape index (κ3) is 3.66. The van der Waals surface area contributed by atoms with Crippen molar-refractivity contribution < 1.29 is 9.59 Å². The summed E-state index contributed by atoms with van der Waals surface area (Å²) in [5.74, 6) is -0.466. The van der Waals surface area contributed by atoms with Crippen LogP contribution in [-0.4, -0.2) is 37.0 Å². The van der Waals surface area contributed by atoms with Crippen molar-refractivity contribution in [2.75, 3.05) is 14.1 Å². The lowest BCUT2D eigenvalue weighted by atomic mass is 9.99. The summed E-state index contributed by atoms with van der Waals surface area (Å²) in [6.45, 7) is 5.85. The minimum Gasteiger partial charge on any atom is -0.296 e. The van der Waals surface area contributed by atoms with Gasteiger partial charge in [-0.05, 0) is 12.5 Å². The van der Waals surface area contributed by atoms with Crippen molar-refractivity contribution in [2.24, 2.45) is 4.99 Å². The smallest absolute Gasteiger partial charge is 0.262 e. The molecule has 94 valence electrons. The summed E-state index contributed by atoms with van der Waals surface area (Å²) in [6, 6.07) is 0. The second-order valence-corrected chi connectivity index (χ2v) is 3.26. The molecule has 0 saturated carbocycles. The molecule has 1 aliphatic rings. The van der Waals surface area contributed by atoms with E-state index in [0.29, 0.717) is 5.57 Å². The molecule has 2 amide bonds. The molecular weight excluding hydrogens is 216 g/mol. The molecule has 0 saturated heterocycles. The normalized spacial score (nSPS) is 16.9. The molecule has 0 aromatic heterocycles. The molecule has 0 fully saturated rings. The van der Waals surface area contributed by atoms with Gasteiger partial charge in [-0.25, -0.2) is 0 Å². The predicted octanol–water partition coefficient (Wildman–Crippen LogP) is 1.97. The number of rotatable bonds is 2. The Hall–Kier alpha value is -1.71. The number of aliphatic imine (C=N–C) groups is 1. The molecule has 0 unspecified atom stereocenters. The van der Waals surface area contributed by atoms with Crippen LogP contribution in [0.25, 0.3) is 0 Å². The largest absolute Gasteiger partial charge is 0.296 e. The molecule has 0 bridgehead atoms. The van der Waals surface area contributed by atoms with Crippen molar-refractivity contribution in [3.63, 3.8) is 0 Å². The topological polar surface area (TPSA) is 49.7 Å². The molecule has 0 radical (unpaired) electrons. The zero-order chi connectivity index (χ0) is 13.4. The zero-order valence-electron chi connectivity index (χ0n) is 11.2. The molecular formula is C13H20N2O2. The summed E-state index contributed by atoms with van der Waals surface area (Å²) in [7, 11) is 3.09. The Morgan fingerprint density at radius 2 is 1.88 bits per heavy atom. The van der Waals surface area contributed by atoms with Gasteiger partial charge in [0.05, 0.1) is 12.0 Å². The number of carbonyl (C=O) groups is 2. The molecule has 0 N–H and O–H groups in total. The number of carbonyl (C=O) groups excluding carboxylic acids is 2. The van der Waals surface area contributed by atoms with E-state index >= 15 is 0 Å². The highest BCUT2D eigenvalue weighted by Gasteiger charge is 2.28. The first-order valence-electron chi connectivity index (χ1n) is 5.70. The van der Waals surface area contributed by atoms with Crippen molar-refractivity contribution in [1.82, 2.24) is 4.90 Å². The Balaban J connectivity index is 0.00000121. The lowest BCUT2D eigenvalue weighted by molar-refractivity contribution is -0.141. The van der Waals surface area contributed by atoms with Gasteiger partial charge < -0.3 is 0 Å². The highest BCUT2D eigenvalue weighted by molar-refractivity contribution is 6.20. The monoisotopic (exact) mass is 236 g/mol. The number of allylic oxidation sites excluding steroid dienone is 2. The van der Waals surface area contributed by atoms with Crippen molar-refractivity contribution >= 4 is 18.0 Å². The van der Waals surface area contributed by atoms with Crippen molar-refractivity contribution in [3.8, 4) is 0 Å². The van der Waals surface area contributed by atoms with Crippen LogP contribution in [0.3, 0.4) is 0 Å². The fourth-order valence-electron chi connectivity index (χ4n) is 1.43. The maximum Gasteiger partial charge on any atom is 0.262 e. The van der Waals surface area contributed by atoms with E-state index in [2.05, 4.69) is 4.99 Å². The van der Waals surface area contributed by atoms with E-state index in [1.165, 1.54) is 13.3 Å². The van der Waals surface area contributed by atoms with Gasteiger partial charge in [-0.3, -0.25) is 19.5 Å². The van der Waals surface area contributed by atoms with Gasteiger partial charge in [-0.2, -0.15) is 0 Å². The summed E-state index contributed by atoms with van der Waals surface area (Å²) in [6.07, 6.45) is 5.35. The van der Waals surface area contributed by atoms with E-state index in [-0.39, 0.29) is 18.2 Å². The summed E-state index contributed by atoms with van der Waals surface area (Å²) in [5, 5.41) is 0. The summed E-state index contributed by atoms with van der Waals surface area (Å²) >= 11 is 0. The molecule has 1 heterocycles. The lowest BCUT2D eigenvalue weighted by Crippen LogP contribution is -2.38. The molecule has 0 atom stereocenters. The molecule has 4 heteroatoms. The maximum atomic E-state index is 11.7. The Kier molecular flexibility index (Phi) is 6.79. The molecule has 4 nitrogen and oxygen atoms in total. The van der Waals surface area contributed by atoms with Gasteiger partial charge in [-0.15, -0.1) is 0 Å².